The number of aromatic nitrogens is 1. The highest BCUT2D eigenvalue weighted by Crippen LogP contribution is 2.42. The Balaban J connectivity index is 0.875. The Morgan fingerprint density at radius 3 is 2.34 bits per heavy atom. The summed E-state index contributed by atoms with van der Waals surface area (Å²) in [5.74, 6) is -0.481. The van der Waals surface area contributed by atoms with Crippen LogP contribution in [0.25, 0.3) is 33.1 Å². The summed E-state index contributed by atoms with van der Waals surface area (Å²) in [5.41, 5.74) is 3.87. The van der Waals surface area contributed by atoms with Crippen LogP contribution in [0, 0.1) is 5.82 Å². The molecular weight excluding hydrogens is 684 g/mol. The molecule has 0 spiro atoms. The third-order valence-corrected chi connectivity index (χ3v) is 11.0. The van der Waals surface area contributed by atoms with Crippen molar-refractivity contribution in [1.29, 1.82) is 0 Å². The SMILES string of the molecule is CC1(C)CCc2cc3c(C(F)(F)F)cc(=O)oc3cc2N1C(=O)CCCCCCCCCc1ccc(-c2[nH]c3cc(F)cc4c3c2CCCC4=O)cc1. The molecule has 2 aromatic heterocycles. The van der Waals surface area contributed by atoms with E-state index in [2.05, 4.69) is 29.2 Å². The zero-order valence-electron chi connectivity index (χ0n) is 30.2. The molecule has 0 saturated heterocycles. The van der Waals surface area contributed by atoms with E-state index in [0.717, 1.165) is 86.4 Å². The van der Waals surface area contributed by atoms with Crippen molar-refractivity contribution < 1.29 is 31.6 Å². The first-order valence-electron chi connectivity index (χ1n) is 18.8. The summed E-state index contributed by atoms with van der Waals surface area (Å²) in [6.45, 7) is 3.91. The highest BCUT2D eigenvalue weighted by atomic mass is 19.4. The van der Waals surface area contributed by atoms with Gasteiger partial charge in [-0.05, 0) is 99.2 Å². The first kappa shape index (κ1) is 36.6. The van der Waals surface area contributed by atoms with Gasteiger partial charge in [-0.1, -0.05) is 56.4 Å². The molecule has 1 N–H and O–H groups in total. The Labute approximate surface area is 305 Å². The number of carbonyl (C=O) groups excluding carboxylic acids is 2. The minimum Gasteiger partial charge on any atom is -0.423 e. The van der Waals surface area contributed by atoms with Gasteiger partial charge in [-0.2, -0.15) is 13.2 Å². The van der Waals surface area contributed by atoms with E-state index in [1.54, 1.807) is 4.90 Å². The summed E-state index contributed by atoms with van der Waals surface area (Å²) in [6.07, 6.45) is 6.69. The van der Waals surface area contributed by atoms with E-state index in [1.807, 2.05) is 13.8 Å². The third kappa shape index (κ3) is 7.55. The lowest BCUT2D eigenvalue weighted by atomic mass is 9.85. The predicted octanol–water partition coefficient (Wildman–Crippen LogP) is 11.0. The molecule has 10 heteroatoms. The number of anilines is 1. The first-order valence-corrected chi connectivity index (χ1v) is 18.8. The van der Waals surface area contributed by atoms with Crippen LogP contribution in [0.4, 0.5) is 23.2 Å². The number of benzene rings is 3. The van der Waals surface area contributed by atoms with Crippen LogP contribution in [0.5, 0.6) is 0 Å². The summed E-state index contributed by atoms with van der Waals surface area (Å²) in [5, 5.41) is 0.691. The Hall–Kier alpha value is -4.73. The zero-order valence-corrected chi connectivity index (χ0v) is 30.2. The summed E-state index contributed by atoms with van der Waals surface area (Å²) in [4.78, 5) is 43.2. The highest BCUT2D eigenvalue weighted by Gasteiger charge is 2.39. The lowest BCUT2D eigenvalue weighted by Gasteiger charge is -2.43. The largest absolute Gasteiger partial charge is 0.423 e. The molecule has 0 fully saturated rings. The van der Waals surface area contributed by atoms with Crippen molar-refractivity contribution in [2.75, 3.05) is 4.90 Å². The number of nitrogens with zero attached hydrogens (tertiary/aromatic N) is 1. The number of hydrogen-bond donors (Lipinski definition) is 1. The molecule has 7 rings (SSSR count). The second-order valence-electron chi connectivity index (χ2n) is 15.3. The van der Waals surface area contributed by atoms with Gasteiger partial charge < -0.3 is 14.3 Å². The number of hydrogen-bond acceptors (Lipinski definition) is 4. The summed E-state index contributed by atoms with van der Waals surface area (Å²) in [6, 6.07) is 14.7. The summed E-state index contributed by atoms with van der Waals surface area (Å²) in [7, 11) is 0. The fraction of sp³-hybridized carbons (Fsp3) is 0.419. The predicted molar refractivity (Wildman–Crippen MR) is 199 cm³/mol. The zero-order chi connectivity index (χ0) is 37.5. The fourth-order valence-corrected chi connectivity index (χ4v) is 8.32. The van der Waals surface area contributed by atoms with Crippen molar-refractivity contribution in [3.63, 3.8) is 0 Å². The molecule has 0 saturated carbocycles. The highest BCUT2D eigenvalue weighted by molar-refractivity contribution is 6.11. The molecule has 1 amide bonds. The molecule has 3 heterocycles. The molecule has 1 aliphatic heterocycles. The third-order valence-electron chi connectivity index (χ3n) is 11.0. The number of aromatic amines is 1. The van der Waals surface area contributed by atoms with Gasteiger partial charge in [0.2, 0.25) is 5.91 Å². The van der Waals surface area contributed by atoms with E-state index in [9.17, 15) is 31.9 Å². The number of ketones is 1. The maximum Gasteiger partial charge on any atom is 0.417 e. The van der Waals surface area contributed by atoms with E-state index < -0.39 is 28.7 Å². The lowest BCUT2D eigenvalue weighted by Crippen LogP contribution is -2.51. The van der Waals surface area contributed by atoms with Crippen molar-refractivity contribution in [1.82, 2.24) is 4.98 Å². The number of halogens is 4. The minimum atomic E-state index is -4.70. The average molecular weight is 729 g/mol. The number of amides is 1. The van der Waals surface area contributed by atoms with Gasteiger partial charge in [-0.25, -0.2) is 9.18 Å². The van der Waals surface area contributed by atoms with Crippen LogP contribution in [0.2, 0.25) is 0 Å². The van der Waals surface area contributed by atoms with E-state index in [4.69, 9.17) is 4.42 Å². The summed E-state index contributed by atoms with van der Waals surface area (Å²) >= 11 is 0. The van der Waals surface area contributed by atoms with Crippen LogP contribution in [-0.2, 0) is 30.2 Å². The molecule has 0 bridgehead atoms. The standard InChI is InChI=1S/C43H44F4N2O4/c1-42(2)20-19-28-21-31-33(43(45,46)47)24-39(52)53-37(31)25-35(28)49(42)38(51)14-9-7-5-3-4-6-8-11-26-15-17-27(18-16-26)41-30-12-10-13-36(50)32-22-29(44)23-34(48-41)40(30)32/h15-18,21-25,48H,3-14,19-20H2,1-2H3. The van der Waals surface area contributed by atoms with Crippen LogP contribution in [0.15, 0.2) is 63.8 Å². The number of unbranched alkanes of at least 4 members (excludes halogenated alkanes) is 6. The van der Waals surface area contributed by atoms with E-state index in [1.165, 1.54) is 29.8 Å². The van der Waals surface area contributed by atoms with E-state index in [0.29, 0.717) is 54.1 Å². The van der Waals surface area contributed by atoms with Gasteiger partial charge in [-0.3, -0.25) is 9.59 Å². The monoisotopic (exact) mass is 728 g/mol. The molecule has 2 aliphatic rings. The van der Waals surface area contributed by atoms with Crippen LogP contribution in [-0.4, -0.2) is 22.2 Å². The Kier molecular flexibility index (Phi) is 10.1. The average Bonchev–Trinajstić information content (AvgIpc) is 3.37. The number of Topliss-reactive ketones (excluding diaryl/α,β-unsaturated/α-hetero) is 1. The Morgan fingerprint density at radius 1 is 0.887 bits per heavy atom. The number of rotatable bonds is 11. The van der Waals surface area contributed by atoms with Crippen molar-refractivity contribution in [2.24, 2.45) is 0 Å². The first-order chi connectivity index (χ1) is 25.3. The van der Waals surface area contributed by atoms with Crippen LogP contribution >= 0.6 is 0 Å². The van der Waals surface area contributed by atoms with E-state index >= 15 is 0 Å². The van der Waals surface area contributed by atoms with Gasteiger partial charge in [0.25, 0.3) is 0 Å². The molecular formula is C43H44F4N2O4. The van der Waals surface area contributed by atoms with Crippen LogP contribution < -0.4 is 10.5 Å². The maximum absolute atomic E-state index is 14.3. The smallest absolute Gasteiger partial charge is 0.417 e. The second kappa shape index (κ2) is 14.6. The van der Waals surface area contributed by atoms with Gasteiger partial charge in [0, 0.05) is 58.1 Å². The number of fused-ring (bicyclic) bond motifs is 2. The summed E-state index contributed by atoms with van der Waals surface area (Å²) < 4.78 is 60.6. The quantitative estimate of drug-likeness (QED) is 0.0834. The van der Waals surface area contributed by atoms with Crippen molar-refractivity contribution in [3.05, 3.63) is 98.7 Å². The second-order valence-corrected chi connectivity index (χ2v) is 15.3. The van der Waals surface area contributed by atoms with Crippen molar-refractivity contribution >= 4 is 39.2 Å². The minimum absolute atomic E-state index is 0.000874. The van der Waals surface area contributed by atoms with E-state index in [-0.39, 0.29) is 22.7 Å². The van der Waals surface area contributed by atoms with Crippen molar-refractivity contribution in [2.45, 2.75) is 115 Å². The van der Waals surface area contributed by atoms with Crippen LogP contribution in [0.3, 0.4) is 0 Å². The van der Waals surface area contributed by atoms with Crippen molar-refractivity contribution in [3.8, 4) is 11.3 Å². The van der Waals surface area contributed by atoms with Crippen LogP contribution in [0.1, 0.15) is 117 Å². The number of carbonyl (C=O) groups is 2. The fourth-order valence-electron chi connectivity index (χ4n) is 8.32. The van der Waals surface area contributed by atoms with Gasteiger partial charge in [0.15, 0.2) is 5.78 Å². The molecule has 53 heavy (non-hydrogen) atoms. The topological polar surface area (TPSA) is 83.4 Å². The van der Waals surface area contributed by atoms with Gasteiger partial charge in [0.05, 0.1) is 11.3 Å². The normalized spacial score (nSPS) is 15.6. The molecule has 3 aromatic carbocycles. The molecule has 6 nitrogen and oxygen atoms in total. The van der Waals surface area contributed by atoms with Gasteiger partial charge in [-0.15, -0.1) is 0 Å². The number of aryl methyl sites for hydroxylation is 3. The maximum atomic E-state index is 14.3. The van der Waals surface area contributed by atoms with Gasteiger partial charge >= 0.3 is 11.8 Å². The molecule has 278 valence electrons. The molecule has 1 aliphatic carbocycles. The van der Waals surface area contributed by atoms with Gasteiger partial charge in [0.1, 0.15) is 11.4 Å². The Morgan fingerprint density at radius 2 is 1.60 bits per heavy atom. The number of H-pyrrole nitrogens is 1. The molecule has 0 radical (unpaired) electrons. The molecule has 0 unspecified atom stereocenters. The molecule has 5 aromatic rings. The number of alkyl halides is 3. The Bertz CT molecular complexity index is 2250. The molecule has 0 atom stereocenters. The number of nitrogens with one attached hydrogen (secondary N) is 1. The lowest BCUT2D eigenvalue weighted by molar-refractivity contribution is -0.136.